The van der Waals surface area contributed by atoms with E-state index in [4.69, 9.17) is 23.4 Å². The van der Waals surface area contributed by atoms with Crippen LogP contribution >= 0.6 is 0 Å². The van der Waals surface area contributed by atoms with Crippen molar-refractivity contribution in [2.75, 3.05) is 6.61 Å². The minimum absolute atomic E-state index is 0.0145. The number of aliphatic hydroxyl groups is 6. The zero-order valence-corrected chi connectivity index (χ0v) is 21.5. The Labute approximate surface area is 231 Å². The molecule has 0 aliphatic carbocycles. The van der Waals surface area contributed by atoms with Gasteiger partial charge < -0.3 is 64.2 Å². The first kappa shape index (κ1) is 29.2. The Bertz CT molecular complexity index is 1420. The number of hydrogen-bond acceptors (Lipinski definition) is 14. The molecule has 41 heavy (non-hydrogen) atoms. The molecule has 2 aromatic carbocycles. The van der Waals surface area contributed by atoms with Crippen LogP contribution in [0.3, 0.4) is 0 Å². The molecule has 14 nitrogen and oxygen atoms in total. The fourth-order valence-corrected chi connectivity index (χ4v) is 4.71. The van der Waals surface area contributed by atoms with Gasteiger partial charge in [-0.1, -0.05) is 0 Å². The van der Waals surface area contributed by atoms with Gasteiger partial charge in [-0.25, -0.2) is 0 Å². The van der Waals surface area contributed by atoms with Crippen molar-refractivity contribution >= 4 is 11.0 Å². The van der Waals surface area contributed by atoms with Gasteiger partial charge in [-0.15, -0.1) is 0 Å². The van der Waals surface area contributed by atoms with Crippen molar-refractivity contribution < 1.29 is 64.2 Å². The summed E-state index contributed by atoms with van der Waals surface area (Å²) in [4.78, 5) is 12.7. The van der Waals surface area contributed by atoms with E-state index in [0.29, 0.717) is 5.56 Å². The number of phenols is 2. The largest absolute Gasteiger partial charge is 0.508 e. The monoisotopic (exact) mass is 578 g/mol. The Kier molecular flexibility index (Phi) is 8.20. The molecule has 8 N–H and O–H groups in total. The third-order valence-electron chi connectivity index (χ3n) is 7.09. The Morgan fingerprint density at radius 2 is 1.44 bits per heavy atom. The summed E-state index contributed by atoms with van der Waals surface area (Å²) in [6.45, 7) is 0.969. The van der Waals surface area contributed by atoms with Crippen LogP contribution in [-0.4, -0.2) is 109 Å². The van der Waals surface area contributed by atoms with Gasteiger partial charge in [0.25, 0.3) is 0 Å². The second kappa shape index (κ2) is 11.5. The predicted molar refractivity (Wildman–Crippen MR) is 137 cm³/mol. The number of hydrogen-bond donors (Lipinski definition) is 8. The molecule has 0 radical (unpaired) electrons. The lowest BCUT2D eigenvalue weighted by molar-refractivity contribution is -0.318. The van der Waals surface area contributed by atoms with Crippen LogP contribution in [0, 0.1) is 0 Å². The average molecular weight is 579 g/mol. The molecule has 3 heterocycles. The molecule has 2 fully saturated rings. The van der Waals surface area contributed by atoms with E-state index in [2.05, 4.69) is 0 Å². The van der Waals surface area contributed by atoms with Crippen molar-refractivity contribution in [2.24, 2.45) is 0 Å². The van der Waals surface area contributed by atoms with Crippen molar-refractivity contribution in [1.29, 1.82) is 0 Å². The van der Waals surface area contributed by atoms with Crippen LogP contribution in [0.1, 0.15) is 6.92 Å². The average Bonchev–Trinajstić information content (AvgIpc) is 2.94. The SMILES string of the molecule is CC1O[C@@H](OCC2O[C@@H](Oc3cc(O)c4c(=O)cc(-c5ccc(O)cc5)oc4c3)C(O)[C@H](O)[C@@H]2O)C(O)[C@@H](O)[C@H]1O. The fourth-order valence-electron chi connectivity index (χ4n) is 4.71. The van der Waals surface area contributed by atoms with Crippen LogP contribution in [0.15, 0.2) is 51.7 Å². The Hall–Kier alpha value is -3.31. The van der Waals surface area contributed by atoms with E-state index < -0.39 is 79.2 Å². The van der Waals surface area contributed by atoms with Gasteiger partial charge in [-0.05, 0) is 31.2 Å². The minimum Gasteiger partial charge on any atom is -0.508 e. The van der Waals surface area contributed by atoms with E-state index in [-0.39, 0.29) is 28.2 Å². The van der Waals surface area contributed by atoms with Crippen LogP contribution in [0.25, 0.3) is 22.3 Å². The van der Waals surface area contributed by atoms with Gasteiger partial charge in [0, 0.05) is 23.8 Å². The molecule has 5 rings (SSSR count). The zero-order chi connectivity index (χ0) is 29.6. The van der Waals surface area contributed by atoms with E-state index in [1.807, 2.05) is 0 Å². The first-order valence-corrected chi connectivity index (χ1v) is 12.7. The summed E-state index contributed by atoms with van der Waals surface area (Å²) in [6, 6.07) is 9.40. The van der Waals surface area contributed by atoms with Crippen LogP contribution in [0.5, 0.6) is 17.2 Å². The molecule has 4 unspecified atom stereocenters. The van der Waals surface area contributed by atoms with Crippen LogP contribution in [0.2, 0.25) is 0 Å². The highest BCUT2D eigenvalue weighted by Gasteiger charge is 2.47. The Morgan fingerprint density at radius 1 is 0.780 bits per heavy atom. The normalized spacial score (nSPS) is 34.0. The van der Waals surface area contributed by atoms with E-state index in [0.717, 1.165) is 6.07 Å². The smallest absolute Gasteiger partial charge is 0.229 e. The molecule has 2 saturated heterocycles. The molecule has 0 saturated carbocycles. The summed E-state index contributed by atoms with van der Waals surface area (Å²) in [6.07, 6.45) is -14.9. The molecule has 0 amide bonds. The van der Waals surface area contributed by atoms with E-state index >= 15 is 0 Å². The molecular weight excluding hydrogens is 548 g/mol. The second-order valence-corrected chi connectivity index (χ2v) is 9.98. The van der Waals surface area contributed by atoms with Crippen molar-refractivity contribution in [3.63, 3.8) is 0 Å². The van der Waals surface area contributed by atoms with Crippen LogP contribution in [0.4, 0.5) is 0 Å². The van der Waals surface area contributed by atoms with Gasteiger partial charge >= 0.3 is 0 Å². The Morgan fingerprint density at radius 3 is 2.15 bits per heavy atom. The number of aliphatic hydroxyl groups excluding tert-OH is 6. The number of ether oxygens (including phenoxy) is 4. The molecule has 0 spiro atoms. The summed E-state index contributed by atoms with van der Waals surface area (Å²) in [5.74, 6) is -0.457. The van der Waals surface area contributed by atoms with Gasteiger partial charge in [0.15, 0.2) is 11.7 Å². The predicted octanol–water partition coefficient (Wildman–Crippen LogP) is -1.10. The number of aromatic hydroxyl groups is 2. The number of fused-ring (bicyclic) bond motifs is 1. The third kappa shape index (κ3) is 5.74. The molecule has 2 aliphatic heterocycles. The van der Waals surface area contributed by atoms with Crippen LogP contribution in [-0.2, 0) is 14.2 Å². The molecule has 1 aromatic heterocycles. The van der Waals surface area contributed by atoms with Crippen molar-refractivity contribution in [3.05, 3.63) is 52.7 Å². The van der Waals surface area contributed by atoms with Gasteiger partial charge in [-0.2, -0.15) is 0 Å². The summed E-state index contributed by atoms with van der Waals surface area (Å²) >= 11 is 0. The van der Waals surface area contributed by atoms with Gasteiger partial charge in [0.2, 0.25) is 6.29 Å². The zero-order valence-electron chi connectivity index (χ0n) is 21.5. The second-order valence-electron chi connectivity index (χ2n) is 9.98. The first-order valence-electron chi connectivity index (χ1n) is 12.7. The molecule has 0 bridgehead atoms. The first-order chi connectivity index (χ1) is 19.4. The van der Waals surface area contributed by atoms with Crippen molar-refractivity contribution in [3.8, 4) is 28.6 Å². The lowest BCUT2D eigenvalue weighted by Gasteiger charge is -2.42. The van der Waals surface area contributed by atoms with Crippen LogP contribution < -0.4 is 10.2 Å². The minimum atomic E-state index is -1.76. The fraction of sp³-hybridized carbons (Fsp3) is 0.444. The summed E-state index contributed by atoms with van der Waals surface area (Å²) in [5, 5.41) is 81.2. The molecule has 10 atom stereocenters. The number of benzene rings is 2. The van der Waals surface area contributed by atoms with Gasteiger partial charge in [0.05, 0.1) is 12.7 Å². The lowest BCUT2D eigenvalue weighted by Crippen LogP contribution is -2.61. The van der Waals surface area contributed by atoms with E-state index in [1.54, 1.807) is 0 Å². The summed E-state index contributed by atoms with van der Waals surface area (Å²) < 4.78 is 27.9. The third-order valence-corrected chi connectivity index (χ3v) is 7.09. The number of rotatable bonds is 6. The van der Waals surface area contributed by atoms with Crippen molar-refractivity contribution in [2.45, 2.75) is 68.3 Å². The molecule has 3 aromatic rings. The quantitative estimate of drug-likeness (QED) is 0.174. The lowest BCUT2D eigenvalue weighted by atomic mass is 9.98. The maximum atomic E-state index is 12.7. The highest BCUT2D eigenvalue weighted by molar-refractivity contribution is 5.86. The van der Waals surface area contributed by atoms with Crippen molar-refractivity contribution in [1.82, 2.24) is 0 Å². The highest BCUT2D eigenvalue weighted by Crippen LogP contribution is 2.34. The topological polar surface area (TPSA) is 229 Å². The standard InChI is InChI=1S/C27H30O14/c1-10-20(31)22(33)24(35)26(38-10)37-9-18-21(32)23(34)25(36)27(41-18)39-13-6-14(29)19-15(30)8-16(40-17(19)7-13)11-2-4-12(28)5-3-11/h2-8,10,18,20-29,31-36H,9H2,1H3/t10?,18?,20-,21+,22-,23+,24?,25?,26+,27+/m0/s1. The molecule has 14 heteroatoms. The van der Waals surface area contributed by atoms with Gasteiger partial charge in [-0.3, -0.25) is 4.79 Å². The van der Waals surface area contributed by atoms with E-state index in [1.165, 1.54) is 43.3 Å². The summed E-state index contributed by atoms with van der Waals surface area (Å²) in [5.41, 5.74) is -0.149. The Balaban J connectivity index is 1.35. The number of phenolic OH excluding ortho intramolecular Hbond substituents is 2. The highest BCUT2D eigenvalue weighted by atomic mass is 16.7. The van der Waals surface area contributed by atoms with Gasteiger partial charge in [0.1, 0.15) is 76.7 Å². The maximum absolute atomic E-state index is 12.7. The molecule has 222 valence electrons. The maximum Gasteiger partial charge on any atom is 0.229 e. The summed E-state index contributed by atoms with van der Waals surface area (Å²) in [7, 11) is 0. The molecule has 2 aliphatic rings. The van der Waals surface area contributed by atoms with E-state index in [9.17, 15) is 45.6 Å². The molecular formula is C27H30O14.